The van der Waals surface area contributed by atoms with E-state index in [0.717, 1.165) is 29.8 Å². The predicted octanol–water partition coefficient (Wildman–Crippen LogP) is 6.93. The van der Waals surface area contributed by atoms with Crippen LogP contribution in [0.15, 0.2) is 60.7 Å². The van der Waals surface area contributed by atoms with Crippen molar-refractivity contribution in [1.82, 2.24) is 10.2 Å². The molecule has 2 aliphatic rings. The molecule has 0 saturated carbocycles. The standard InChI is InChI=1S/C36H49N3O4/c1-24(2)20-30(27-17-18-28(22-27)35(42)43-36(4,5)6)33(40)38-32-16-9-10-19-39(34(32)41)23-26-13-11-14-29(21-26)37-31-15-8-7-12-25(31)3/h7-8,11-15,17-18,21,24,27-28,30,32,37H,9-10,16,19-20,22-23H2,1-6H3,(H,38,40)/t27?,28?,30-,32+/m1/s1. The van der Waals surface area contributed by atoms with Gasteiger partial charge in [0.15, 0.2) is 0 Å². The lowest BCUT2D eigenvalue weighted by atomic mass is 9.83. The summed E-state index contributed by atoms with van der Waals surface area (Å²) in [5, 5.41) is 6.64. The first-order valence-corrected chi connectivity index (χ1v) is 15.8. The summed E-state index contributed by atoms with van der Waals surface area (Å²) < 4.78 is 5.60. The first-order valence-electron chi connectivity index (χ1n) is 15.8. The summed E-state index contributed by atoms with van der Waals surface area (Å²) in [5.41, 5.74) is 3.69. The monoisotopic (exact) mass is 587 g/mol. The quantitative estimate of drug-likeness (QED) is 0.232. The molecule has 4 rings (SSSR count). The van der Waals surface area contributed by atoms with Gasteiger partial charge in [0.2, 0.25) is 11.8 Å². The maximum Gasteiger partial charge on any atom is 0.313 e. The number of anilines is 2. The lowest BCUT2D eigenvalue weighted by Crippen LogP contribution is -2.49. The minimum Gasteiger partial charge on any atom is -0.460 e. The van der Waals surface area contributed by atoms with Gasteiger partial charge in [-0.3, -0.25) is 14.4 Å². The van der Waals surface area contributed by atoms with Gasteiger partial charge in [-0.1, -0.05) is 56.3 Å². The number of likely N-dealkylation sites (tertiary alicyclic amines) is 1. The Hall–Kier alpha value is -3.61. The van der Waals surface area contributed by atoms with E-state index >= 15 is 0 Å². The number of nitrogens with zero attached hydrogens (tertiary/aromatic N) is 1. The van der Waals surface area contributed by atoms with Crippen LogP contribution in [-0.4, -0.2) is 40.9 Å². The Bertz CT molecular complexity index is 1310. The second kappa shape index (κ2) is 14.2. The van der Waals surface area contributed by atoms with E-state index in [2.05, 4.69) is 49.6 Å². The van der Waals surface area contributed by atoms with Gasteiger partial charge in [0.1, 0.15) is 11.6 Å². The molecule has 2 amide bonds. The highest BCUT2D eigenvalue weighted by atomic mass is 16.6. The Labute approximate surface area is 257 Å². The number of ether oxygens (including phenoxy) is 1. The molecule has 43 heavy (non-hydrogen) atoms. The molecule has 0 aromatic heterocycles. The number of rotatable bonds is 10. The number of aryl methyl sites for hydroxylation is 1. The molecule has 2 unspecified atom stereocenters. The average Bonchev–Trinajstić information content (AvgIpc) is 3.37. The Morgan fingerprint density at radius 1 is 1.05 bits per heavy atom. The van der Waals surface area contributed by atoms with Gasteiger partial charge in [-0.2, -0.15) is 0 Å². The van der Waals surface area contributed by atoms with Crippen molar-refractivity contribution >= 4 is 29.2 Å². The third-order valence-electron chi connectivity index (χ3n) is 8.23. The molecule has 1 saturated heterocycles. The van der Waals surface area contributed by atoms with E-state index in [0.29, 0.717) is 38.3 Å². The SMILES string of the molecule is Cc1ccccc1Nc1cccc(CN2CCCC[C@H](NC(=O)[C@H](CC(C)C)C3C=CC(C(=O)OC(C)(C)C)C3)C2=O)c1. The van der Waals surface area contributed by atoms with Crippen LogP contribution < -0.4 is 10.6 Å². The molecule has 7 nitrogen and oxygen atoms in total. The minimum atomic E-state index is -0.553. The van der Waals surface area contributed by atoms with Gasteiger partial charge < -0.3 is 20.3 Å². The highest BCUT2D eigenvalue weighted by molar-refractivity contribution is 5.89. The lowest BCUT2D eigenvalue weighted by Gasteiger charge is -2.29. The van der Waals surface area contributed by atoms with Crippen LogP contribution in [0.4, 0.5) is 11.4 Å². The molecular weight excluding hydrogens is 538 g/mol. The van der Waals surface area contributed by atoms with Crippen LogP contribution in [0.3, 0.4) is 0 Å². The fourth-order valence-corrected chi connectivity index (χ4v) is 6.07. The first kappa shape index (κ1) is 32.3. The summed E-state index contributed by atoms with van der Waals surface area (Å²) in [6.45, 7) is 13.0. The van der Waals surface area contributed by atoms with E-state index in [4.69, 9.17) is 4.74 Å². The van der Waals surface area contributed by atoms with Gasteiger partial charge in [0.25, 0.3) is 0 Å². The molecule has 4 atom stereocenters. The van der Waals surface area contributed by atoms with Gasteiger partial charge in [0.05, 0.1) is 5.92 Å². The zero-order valence-electron chi connectivity index (χ0n) is 26.7. The predicted molar refractivity (Wildman–Crippen MR) is 172 cm³/mol. The molecule has 1 heterocycles. The van der Waals surface area contributed by atoms with Crippen molar-refractivity contribution in [1.29, 1.82) is 0 Å². The molecule has 232 valence electrons. The van der Waals surface area contributed by atoms with Crippen molar-refractivity contribution in [3.05, 3.63) is 71.8 Å². The molecule has 2 aromatic rings. The molecule has 1 fully saturated rings. The summed E-state index contributed by atoms with van der Waals surface area (Å²) in [6, 6.07) is 15.8. The number of allylic oxidation sites excluding steroid dienone is 1. The summed E-state index contributed by atoms with van der Waals surface area (Å²) in [6.07, 6.45) is 7.54. The topological polar surface area (TPSA) is 87.7 Å². The van der Waals surface area contributed by atoms with Gasteiger partial charge in [-0.15, -0.1) is 0 Å². The van der Waals surface area contributed by atoms with Gasteiger partial charge in [-0.25, -0.2) is 0 Å². The average molecular weight is 588 g/mol. The smallest absolute Gasteiger partial charge is 0.313 e. The molecule has 7 heteroatoms. The summed E-state index contributed by atoms with van der Waals surface area (Å²) >= 11 is 0. The van der Waals surface area contributed by atoms with Crippen LogP contribution in [0, 0.1) is 30.6 Å². The van der Waals surface area contributed by atoms with Gasteiger partial charge >= 0.3 is 5.97 Å². The highest BCUT2D eigenvalue weighted by Crippen LogP contribution is 2.35. The zero-order valence-corrected chi connectivity index (χ0v) is 26.7. The molecule has 0 bridgehead atoms. The molecule has 1 aliphatic heterocycles. The van der Waals surface area contributed by atoms with Crippen molar-refractivity contribution in [2.45, 2.75) is 91.8 Å². The van der Waals surface area contributed by atoms with Crippen LogP contribution in [-0.2, 0) is 25.7 Å². The number of nitrogens with one attached hydrogen (secondary N) is 2. The Morgan fingerprint density at radius 2 is 1.81 bits per heavy atom. The van der Waals surface area contributed by atoms with Crippen LogP contribution in [0.25, 0.3) is 0 Å². The molecule has 0 radical (unpaired) electrons. The van der Waals surface area contributed by atoms with E-state index in [1.807, 2.05) is 68.2 Å². The Kier molecular flexibility index (Phi) is 10.7. The number of carbonyl (C=O) groups excluding carboxylic acids is 3. The number of carbonyl (C=O) groups is 3. The number of esters is 1. The maximum atomic E-state index is 13.8. The lowest BCUT2D eigenvalue weighted by molar-refractivity contribution is -0.158. The third kappa shape index (κ3) is 9.19. The summed E-state index contributed by atoms with van der Waals surface area (Å²) in [5.74, 6) is -0.803. The summed E-state index contributed by atoms with van der Waals surface area (Å²) in [4.78, 5) is 42.1. The van der Waals surface area contributed by atoms with Crippen molar-refractivity contribution in [3.63, 3.8) is 0 Å². The Balaban J connectivity index is 1.41. The molecule has 2 N–H and O–H groups in total. The van der Waals surface area contributed by atoms with E-state index < -0.39 is 11.6 Å². The number of amides is 2. The fourth-order valence-electron chi connectivity index (χ4n) is 6.07. The number of para-hydroxylation sites is 1. The van der Waals surface area contributed by atoms with E-state index in [-0.39, 0.29) is 35.5 Å². The van der Waals surface area contributed by atoms with E-state index in [9.17, 15) is 14.4 Å². The Morgan fingerprint density at radius 3 is 2.53 bits per heavy atom. The van der Waals surface area contributed by atoms with Crippen molar-refractivity contribution in [2.75, 3.05) is 11.9 Å². The van der Waals surface area contributed by atoms with Crippen LogP contribution in [0.5, 0.6) is 0 Å². The van der Waals surface area contributed by atoms with Gasteiger partial charge in [0, 0.05) is 30.4 Å². The van der Waals surface area contributed by atoms with Crippen LogP contribution in [0.1, 0.15) is 77.8 Å². The summed E-state index contributed by atoms with van der Waals surface area (Å²) in [7, 11) is 0. The normalized spacial score (nSPS) is 21.4. The van der Waals surface area contributed by atoms with E-state index in [1.165, 1.54) is 5.56 Å². The highest BCUT2D eigenvalue weighted by Gasteiger charge is 2.38. The maximum absolute atomic E-state index is 13.8. The third-order valence-corrected chi connectivity index (χ3v) is 8.23. The number of hydrogen-bond acceptors (Lipinski definition) is 5. The van der Waals surface area contributed by atoms with Crippen LogP contribution >= 0.6 is 0 Å². The zero-order chi connectivity index (χ0) is 31.1. The molecule has 0 spiro atoms. The van der Waals surface area contributed by atoms with Crippen molar-refractivity contribution in [3.8, 4) is 0 Å². The largest absolute Gasteiger partial charge is 0.460 e. The minimum absolute atomic E-state index is 0.0278. The number of hydrogen-bond donors (Lipinski definition) is 2. The molecule has 1 aliphatic carbocycles. The number of benzene rings is 2. The first-order chi connectivity index (χ1) is 20.4. The molecule has 2 aromatic carbocycles. The van der Waals surface area contributed by atoms with Gasteiger partial charge in [-0.05, 0) is 101 Å². The van der Waals surface area contributed by atoms with Crippen molar-refractivity contribution in [2.24, 2.45) is 23.7 Å². The fraction of sp³-hybridized carbons (Fsp3) is 0.528. The van der Waals surface area contributed by atoms with E-state index in [1.54, 1.807) is 0 Å². The molecular formula is C36H49N3O4. The van der Waals surface area contributed by atoms with Crippen molar-refractivity contribution < 1.29 is 19.1 Å². The second-order valence-corrected chi connectivity index (χ2v) is 13.6. The second-order valence-electron chi connectivity index (χ2n) is 13.6. The van der Waals surface area contributed by atoms with Crippen LogP contribution in [0.2, 0.25) is 0 Å².